The Morgan fingerprint density at radius 1 is 1.20 bits per heavy atom. The van der Waals surface area contributed by atoms with E-state index in [2.05, 4.69) is 37.4 Å². The SMILES string of the molecule is COC1(C(=O)N2CCC(Oc3cc(C)ccc3C)CC2)CCNCC1. The van der Waals surface area contributed by atoms with Gasteiger partial charge in [-0.1, -0.05) is 12.1 Å². The molecule has 0 aromatic heterocycles. The molecule has 5 heteroatoms. The number of rotatable bonds is 4. The fourth-order valence-corrected chi connectivity index (χ4v) is 3.81. The van der Waals surface area contributed by atoms with Crippen LogP contribution in [-0.4, -0.2) is 55.8 Å². The van der Waals surface area contributed by atoms with Gasteiger partial charge in [-0.25, -0.2) is 0 Å². The molecule has 25 heavy (non-hydrogen) atoms. The Labute approximate surface area is 150 Å². The highest BCUT2D eigenvalue weighted by Crippen LogP contribution is 2.28. The number of ether oxygens (including phenoxy) is 2. The molecule has 3 rings (SSSR count). The number of benzene rings is 1. The number of aryl methyl sites for hydroxylation is 2. The average Bonchev–Trinajstić information content (AvgIpc) is 2.65. The molecule has 5 nitrogen and oxygen atoms in total. The van der Waals surface area contributed by atoms with Crippen LogP contribution in [0.5, 0.6) is 5.75 Å². The van der Waals surface area contributed by atoms with Crippen LogP contribution < -0.4 is 10.1 Å². The van der Waals surface area contributed by atoms with Crippen LogP contribution in [0.15, 0.2) is 18.2 Å². The molecule has 2 aliphatic heterocycles. The number of amides is 1. The van der Waals surface area contributed by atoms with Crippen LogP contribution in [-0.2, 0) is 9.53 Å². The number of methoxy groups -OCH3 is 1. The van der Waals surface area contributed by atoms with Crippen LogP contribution in [0.2, 0.25) is 0 Å². The first kappa shape index (κ1) is 18.2. The first-order valence-electron chi connectivity index (χ1n) is 9.33. The third-order valence-electron chi connectivity index (χ3n) is 5.56. The van der Waals surface area contributed by atoms with Gasteiger partial charge in [-0.15, -0.1) is 0 Å². The quantitative estimate of drug-likeness (QED) is 0.910. The molecule has 2 fully saturated rings. The fourth-order valence-electron chi connectivity index (χ4n) is 3.81. The number of hydrogen-bond acceptors (Lipinski definition) is 4. The molecule has 2 saturated heterocycles. The van der Waals surface area contributed by atoms with Gasteiger partial charge < -0.3 is 19.7 Å². The zero-order valence-electron chi connectivity index (χ0n) is 15.6. The lowest BCUT2D eigenvalue weighted by molar-refractivity contribution is -0.160. The number of carbonyl (C=O) groups is 1. The highest BCUT2D eigenvalue weighted by Gasteiger charge is 2.43. The molecule has 0 radical (unpaired) electrons. The number of nitrogens with one attached hydrogen (secondary N) is 1. The highest BCUT2D eigenvalue weighted by molar-refractivity contribution is 5.85. The largest absolute Gasteiger partial charge is 0.490 e. The molecule has 0 aliphatic carbocycles. The Kier molecular flexibility index (Phi) is 5.64. The lowest BCUT2D eigenvalue weighted by Gasteiger charge is -2.41. The predicted octanol–water partition coefficient (Wildman–Crippen LogP) is 2.44. The summed E-state index contributed by atoms with van der Waals surface area (Å²) in [5.41, 5.74) is 1.74. The molecule has 2 aliphatic rings. The molecular formula is C20H30N2O3. The van der Waals surface area contributed by atoms with Crippen LogP contribution in [0.4, 0.5) is 0 Å². The second-order valence-corrected chi connectivity index (χ2v) is 7.33. The van der Waals surface area contributed by atoms with Gasteiger partial charge in [-0.05, 0) is 57.0 Å². The first-order chi connectivity index (χ1) is 12.0. The van der Waals surface area contributed by atoms with Crippen molar-refractivity contribution in [2.75, 3.05) is 33.3 Å². The van der Waals surface area contributed by atoms with Crippen LogP contribution in [0.25, 0.3) is 0 Å². The number of nitrogens with zero attached hydrogens (tertiary/aromatic N) is 1. The van der Waals surface area contributed by atoms with Gasteiger partial charge in [0.05, 0.1) is 0 Å². The van der Waals surface area contributed by atoms with Gasteiger partial charge in [-0.3, -0.25) is 4.79 Å². The molecule has 1 aromatic carbocycles. The summed E-state index contributed by atoms with van der Waals surface area (Å²) in [6.45, 7) is 7.32. The van der Waals surface area contributed by atoms with Gasteiger partial charge in [0.1, 0.15) is 17.5 Å². The summed E-state index contributed by atoms with van der Waals surface area (Å²) in [4.78, 5) is 15.0. The summed E-state index contributed by atoms with van der Waals surface area (Å²) in [5, 5.41) is 3.31. The summed E-state index contributed by atoms with van der Waals surface area (Å²) < 4.78 is 11.9. The number of carbonyl (C=O) groups excluding carboxylic acids is 1. The van der Waals surface area contributed by atoms with Gasteiger partial charge in [0, 0.05) is 33.0 Å². The Hall–Kier alpha value is -1.59. The maximum absolute atomic E-state index is 13.0. The first-order valence-corrected chi connectivity index (χ1v) is 9.33. The van der Waals surface area contributed by atoms with E-state index in [4.69, 9.17) is 9.47 Å². The Morgan fingerprint density at radius 3 is 2.52 bits per heavy atom. The Bertz CT molecular complexity index is 603. The molecular weight excluding hydrogens is 316 g/mol. The standard InChI is InChI=1S/C20H30N2O3/c1-15-4-5-16(2)18(14-15)25-17-6-12-22(13-7-17)19(23)20(24-3)8-10-21-11-9-20/h4-5,14,17,21H,6-13H2,1-3H3. The summed E-state index contributed by atoms with van der Waals surface area (Å²) in [7, 11) is 1.67. The molecule has 0 spiro atoms. The zero-order chi connectivity index (χ0) is 17.9. The topological polar surface area (TPSA) is 50.8 Å². The average molecular weight is 346 g/mol. The Morgan fingerprint density at radius 2 is 1.88 bits per heavy atom. The summed E-state index contributed by atoms with van der Waals surface area (Å²) >= 11 is 0. The molecule has 0 atom stereocenters. The molecule has 1 amide bonds. The van der Waals surface area contributed by atoms with Crippen molar-refractivity contribution in [2.24, 2.45) is 0 Å². The van der Waals surface area contributed by atoms with Crippen molar-refractivity contribution in [1.82, 2.24) is 10.2 Å². The van der Waals surface area contributed by atoms with Crippen molar-refractivity contribution in [1.29, 1.82) is 0 Å². The molecule has 1 N–H and O–H groups in total. The monoisotopic (exact) mass is 346 g/mol. The normalized spacial score (nSPS) is 21.2. The lowest BCUT2D eigenvalue weighted by atomic mass is 9.89. The summed E-state index contributed by atoms with van der Waals surface area (Å²) in [6.07, 6.45) is 3.42. The smallest absolute Gasteiger partial charge is 0.254 e. The van der Waals surface area contributed by atoms with Gasteiger partial charge in [0.15, 0.2) is 0 Å². The third kappa shape index (κ3) is 3.98. The van der Waals surface area contributed by atoms with Crippen LogP contribution in [0.3, 0.4) is 0 Å². The maximum atomic E-state index is 13.0. The fraction of sp³-hybridized carbons (Fsp3) is 0.650. The van der Waals surface area contributed by atoms with Crippen molar-refractivity contribution in [3.63, 3.8) is 0 Å². The highest BCUT2D eigenvalue weighted by atomic mass is 16.5. The minimum absolute atomic E-state index is 0.154. The van der Waals surface area contributed by atoms with Crippen LogP contribution in [0, 0.1) is 13.8 Å². The number of likely N-dealkylation sites (tertiary alicyclic amines) is 1. The van der Waals surface area contributed by atoms with E-state index in [1.165, 1.54) is 5.56 Å². The van der Waals surface area contributed by atoms with Gasteiger partial charge in [-0.2, -0.15) is 0 Å². The van der Waals surface area contributed by atoms with Gasteiger partial charge in [0.2, 0.25) is 0 Å². The summed E-state index contributed by atoms with van der Waals surface area (Å²) in [6, 6.07) is 6.30. The Balaban J connectivity index is 1.58. The van der Waals surface area contributed by atoms with Gasteiger partial charge >= 0.3 is 0 Å². The molecule has 0 saturated carbocycles. The van der Waals surface area contributed by atoms with E-state index in [1.807, 2.05) is 4.90 Å². The minimum atomic E-state index is -0.633. The third-order valence-corrected chi connectivity index (χ3v) is 5.56. The van der Waals surface area contributed by atoms with Crippen molar-refractivity contribution in [2.45, 2.75) is 51.2 Å². The molecule has 1 aromatic rings. The van der Waals surface area contributed by atoms with Gasteiger partial charge in [0.25, 0.3) is 5.91 Å². The molecule has 0 unspecified atom stereocenters. The molecule has 138 valence electrons. The lowest BCUT2D eigenvalue weighted by Crippen LogP contribution is -2.57. The van der Waals surface area contributed by atoms with E-state index in [0.29, 0.717) is 0 Å². The van der Waals surface area contributed by atoms with E-state index >= 15 is 0 Å². The van der Waals surface area contributed by atoms with Crippen molar-refractivity contribution >= 4 is 5.91 Å². The van der Waals surface area contributed by atoms with Crippen molar-refractivity contribution in [3.05, 3.63) is 29.3 Å². The molecule has 0 bridgehead atoms. The van der Waals surface area contributed by atoms with E-state index in [1.54, 1.807) is 7.11 Å². The minimum Gasteiger partial charge on any atom is -0.490 e. The zero-order valence-corrected chi connectivity index (χ0v) is 15.6. The number of piperidine rings is 2. The number of hydrogen-bond donors (Lipinski definition) is 1. The van der Waals surface area contributed by atoms with Crippen LogP contribution in [0.1, 0.15) is 36.8 Å². The van der Waals surface area contributed by atoms with E-state index in [0.717, 1.165) is 63.2 Å². The maximum Gasteiger partial charge on any atom is 0.254 e. The van der Waals surface area contributed by atoms with Crippen molar-refractivity contribution < 1.29 is 14.3 Å². The van der Waals surface area contributed by atoms with Crippen molar-refractivity contribution in [3.8, 4) is 5.75 Å². The predicted molar refractivity (Wildman–Crippen MR) is 98.0 cm³/mol. The van der Waals surface area contributed by atoms with E-state index < -0.39 is 5.60 Å². The second-order valence-electron chi connectivity index (χ2n) is 7.33. The van der Waals surface area contributed by atoms with E-state index in [9.17, 15) is 4.79 Å². The molecule has 2 heterocycles. The summed E-state index contributed by atoms with van der Waals surface area (Å²) in [5.74, 6) is 1.12. The van der Waals surface area contributed by atoms with E-state index in [-0.39, 0.29) is 12.0 Å². The van der Waals surface area contributed by atoms with Crippen LogP contribution >= 0.6 is 0 Å². The second kappa shape index (κ2) is 7.75.